The smallest absolute Gasteiger partial charge is 0.263 e. The van der Waals surface area contributed by atoms with Crippen LogP contribution in [0.25, 0.3) is 0 Å². The summed E-state index contributed by atoms with van der Waals surface area (Å²) < 4.78 is 19.1. The second kappa shape index (κ2) is 6.35. The molecular formula is C14H16FN3O2. The zero-order valence-electron chi connectivity index (χ0n) is 11.2. The zero-order chi connectivity index (χ0) is 14.5. The van der Waals surface area contributed by atoms with Gasteiger partial charge < -0.3 is 15.0 Å². The number of nitrogens with one attached hydrogen (secondary N) is 1. The first-order valence-corrected chi connectivity index (χ1v) is 6.47. The van der Waals surface area contributed by atoms with E-state index >= 15 is 0 Å². The number of nitrogens with zero attached hydrogens (tertiary/aromatic N) is 2. The van der Waals surface area contributed by atoms with Crippen LogP contribution in [0, 0.1) is 17.1 Å². The highest BCUT2D eigenvalue weighted by molar-refractivity contribution is 5.81. The first-order chi connectivity index (χ1) is 9.61. The van der Waals surface area contributed by atoms with Crippen LogP contribution in [0.5, 0.6) is 5.75 Å². The Bertz CT molecular complexity index is 536. The number of amides is 1. The Kier molecular flexibility index (Phi) is 4.53. The van der Waals surface area contributed by atoms with Crippen molar-refractivity contribution in [1.29, 1.82) is 5.26 Å². The van der Waals surface area contributed by atoms with Crippen molar-refractivity contribution in [3.63, 3.8) is 0 Å². The van der Waals surface area contributed by atoms with Crippen LogP contribution in [-0.4, -0.2) is 43.1 Å². The van der Waals surface area contributed by atoms with Gasteiger partial charge in [0, 0.05) is 26.2 Å². The lowest BCUT2D eigenvalue weighted by atomic mass is 10.2. The Labute approximate surface area is 116 Å². The van der Waals surface area contributed by atoms with Gasteiger partial charge in [-0.2, -0.15) is 5.26 Å². The van der Waals surface area contributed by atoms with Crippen LogP contribution in [0.15, 0.2) is 18.2 Å². The van der Waals surface area contributed by atoms with Crippen molar-refractivity contribution in [2.24, 2.45) is 0 Å². The number of hydrogen-bond acceptors (Lipinski definition) is 4. The van der Waals surface area contributed by atoms with Crippen LogP contribution in [0.2, 0.25) is 0 Å². The van der Waals surface area contributed by atoms with Gasteiger partial charge in [-0.25, -0.2) is 4.39 Å². The van der Waals surface area contributed by atoms with E-state index in [1.807, 2.05) is 6.07 Å². The van der Waals surface area contributed by atoms with Gasteiger partial charge in [-0.05, 0) is 25.1 Å². The minimum Gasteiger partial charge on any atom is -0.478 e. The van der Waals surface area contributed by atoms with Crippen molar-refractivity contribution in [1.82, 2.24) is 10.2 Å². The molecule has 106 valence electrons. The molecule has 2 rings (SSSR count). The Morgan fingerprint density at radius 2 is 2.20 bits per heavy atom. The van der Waals surface area contributed by atoms with E-state index in [9.17, 15) is 9.18 Å². The average Bonchev–Trinajstić information content (AvgIpc) is 2.49. The standard InChI is InChI=1S/C14H16FN3O2/c1-10(14(19)18-6-4-17-5-7-18)20-13-3-2-11(9-16)8-12(13)15/h2-3,8,10,17H,4-7H2,1H3. The summed E-state index contributed by atoms with van der Waals surface area (Å²) in [6.45, 7) is 4.36. The van der Waals surface area contributed by atoms with Crippen molar-refractivity contribution in [2.45, 2.75) is 13.0 Å². The van der Waals surface area contributed by atoms with Gasteiger partial charge in [-0.1, -0.05) is 0 Å². The van der Waals surface area contributed by atoms with Gasteiger partial charge >= 0.3 is 0 Å². The largest absolute Gasteiger partial charge is 0.478 e. The van der Waals surface area contributed by atoms with Crippen LogP contribution in [0.4, 0.5) is 4.39 Å². The fraction of sp³-hybridized carbons (Fsp3) is 0.429. The van der Waals surface area contributed by atoms with Gasteiger partial charge in [0.15, 0.2) is 17.7 Å². The normalized spacial score (nSPS) is 16.4. The van der Waals surface area contributed by atoms with Gasteiger partial charge in [0.25, 0.3) is 5.91 Å². The zero-order valence-corrected chi connectivity index (χ0v) is 11.2. The molecule has 6 heteroatoms. The number of benzene rings is 1. The highest BCUT2D eigenvalue weighted by Gasteiger charge is 2.24. The van der Waals surface area contributed by atoms with E-state index in [4.69, 9.17) is 10.00 Å². The van der Waals surface area contributed by atoms with Crippen molar-refractivity contribution in [3.05, 3.63) is 29.6 Å². The lowest BCUT2D eigenvalue weighted by Gasteiger charge is -2.29. The van der Waals surface area contributed by atoms with Crippen molar-refractivity contribution >= 4 is 5.91 Å². The van der Waals surface area contributed by atoms with Gasteiger partial charge in [-0.15, -0.1) is 0 Å². The lowest BCUT2D eigenvalue weighted by Crippen LogP contribution is -2.50. The summed E-state index contributed by atoms with van der Waals surface area (Å²) >= 11 is 0. The summed E-state index contributed by atoms with van der Waals surface area (Å²) in [6, 6.07) is 5.77. The molecule has 1 aliphatic heterocycles. The van der Waals surface area contributed by atoms with E-state index in [1.54, 1.807) is 11.8 Å². The molecule has 1 aromatic carbocycles. The SMILES string of the molecule is CC(Oc1ccc(C#N)cc1F)C(=O)N1CCNCC1. The molecule has 0 aromatic heterocycles. The van der Waals surface area contributed by atoms with Crippen molar-refractivity contribution in [2.75, 3.05) is 26.2 Å². The number of carbonyl (C=O) groups excluding carboxylic acids is 1. The number of hydrogen-bond donors (Lipinski definition) is 1. The second-order valence-corrected chi connectivity index (χ2v) is 4.59. The maximum atomic E-state index is 13.7. The Morgan fingerprint density at radius 3 is 2.80 bits per heavy atom. The molecule has 1 unspecified atom stereocenters. The average molecular weight is 277 g/mol. The summed E-state index contributed by atoms with van der Waals surface area (Å²) in [7, 11) is 0. The molecule has 0 saturated carbocycles. The number of halogens is 1. The van der Waals surface area contributed by atoms with Crippen LogP contribution in [0.3, 0.4) is 0 Å². The van der Waals surface area contributed by atoms with E-state index < -0.39 is 11.9 Å². The molecule has 1 saturated heterocycles. The molecular weight excluding hydrogens is 261 g/mol. The monoisotopic (exact) mass is 277 g/mol. The molecule has 5 nitrogen and oxygen atoms in total. The molecule has 1 N–H and O–H groups in total. The molecule has 1 atom stereocenters. The fourth-order valence-corrected chi connectivity index (χ4v) is 2.05. The summed E-state index contributed by atoms with van der Waals surface area (Å²) in [5.41, 5.74) is 0.218. The molecule has 0 aliphatic carbocycles. The molecule has 1 fully saturated rings. The molecule has 1 amide bonds. The summed E-state index contributed by atoms with van der Waals surface area (Å²) in [6.07, 6.45) is -0.754. The number of piperazine rings is 1. The molecule has 0 spiro atoms. The quantitative estimate of drug-likeness (QED) is 0.891. The molecule has 1 aromatic rings. The Morgan fingerprint density at radius 1 is 1.50 bits per heavy atom. The van der Waals surface area contributed by atoms with E-state index in [2.05, 4.69) is 5.32 Å². The third-order valence-corrected chi connectivity index (χ3v) is 3.14. The van der Waals surface area contributed by atoms with Crippen LogP contribution in [0.1, 0.15) is 12.5 Å². The van der Waals surface area contributed by atoms with E-state index in [-0.39, 0.29) is 17.2 Å². The predicted octanol–water partition coefficient (Wildman–Crippen LogP) is 0.896. The van der Waals surface area contributed by atoms with Gasteiger partial charge in [0.05, 0.1) is 11.6 Å². The highest BCUT2D eigenvalue weighted by Crippen LogP contribution is 2.20. The predicted molar refractivity (Wildman–Crippen MR) is 70.7 cm³/mol. The lowest BCUT2D eigenvalue weighted by molar-refractivity contribution is -0.138. The molecule has 20 heavy (non-hydrogen) atoms. The van der Waals surface area contributed by atoms with Gasteiger partial charge in [0.1, 0.15) is 0 Å². The molecule has 1 heterocycles. The molecule has 0 radical (unpaired) electrons. The number of nitriles is 1. The van der Waals surface area contributed by atoms with E-state index in [0.717, 1.165) is 19.2 Å². The van der Waals surface area contributed by atoms with Gasteiger partial charge in [-0.3, -0.25) is 4.79 Å². The van der Waals surface area contributed by atoms with Crippen LogP contribution in [-0.2, 0) is 4.79 Å². The summed E-state index contributed by atoms with van der Waals surface area (Å²) in [5, 5.41) is 11.8. The third-order valence-electron chi connectivity index (χ3n) is 3.14. The summed E-state index contributed by atoms with van der Waals surface area (Å²) in [5.74, 6) is -0.806. The summed E-state index contributed by atoms with van der Waals surface area (Å²) in [4.78, 5) is 13.8. The van der Waals surface area contributed by atoms with Crippen LogP contribution >= 0.6 is 0 Å². The van der Waals surface area contributed by atoms with E-state index in [0.29, 0.717) is 13.1 Å². The topological polar surface area (TPSA) is 65.4 Å². The van der Waals surface area contributed by atoms with Crippen molar-refractivity contribution < 1.29 is 13.9 Å². The number of carbonyl (C=O) groups is 1. The molecule has 0 bridgehead atoms. The minimum atomic E-state index is -0.754. The minimum absolute atomic E-state index is 0.0139. The van der Waals surface area contributed by atoms with Gasteiger partial charge in [0.2, 0.25) is 0 Å². The molecule has 1 aliphatic rings. The first-order valence-electron chi connectivity index (χ1n) is 6.47. The Hall–Kier alpha value is -2.13. The van der Waals surface area contributed by atoms with E-state index in [1.165, 1.54) is 12.1 Å². The Balaban J connectivity index is 2.02. The third kappa shape index (κ3) is 3.25. The number of rotatable bonds is 3. The van der Waals surface area contributed by atoms with Crippen molar-refractivity contribution in [3.8, 4) is 11.8 Å². The van der Waals surface area contributed by atoms with Crippen LogP contribution < -0.4 is 10.1 Å². The maximum absolute atomic E-state index is 13.7. The number of ether oxygens (including phenoxy) is 1. The second-order valence-electron chi connectivity index (χ2n) is 4.59. The maximum Gasteiger partial charge on any atom is 0.263 e. The fourth-order valence-electron chi connectivity index (χ4n) is 2.05. The first kappa shape index (κ1) is 14.3. The highest BCUT2D eigenvalue weighted by atomic mass is 19.1.